The Balaban J connectivity index is 2.92. The summed E-state index contributed by atoms with van der Waals surface area (Å²) in [5, 5.41) is 19.0. The average Bonchev–Trinajstić information content (AvgIpc) is 2.45. The van der Waals surface area contributed by atoms with Crippen LogP contribution in [0.3, 0.4) is 0 Å². The van der Waals surface area contributed by atoms with Crippen molar-refractivity contribution in [3.63, 3.8) is 0 Å². The minimum absolute atomic E-state index is 0.00969. The Kier molecular flexibility index (Phi) is 7.27. The maximum Gasteiger partial charge on any atom is 0.328 e. The molecule has 1 atom stereocenters. The fourth-order valence-electron chi connectivity index (χ4n) is 2.97. The van der Waals surface area contributed by atoms with Crippen molar-refractivity contribution in [1.82, 2.24) is 0 Å². The molecule has 0 spiro atoms. The van der Waals surface area contributed by atoms with Gasteiger partial charge in [-0.25, -0.2) is 4.79 Å². The standard InChI is InChI=1S/C21H30O3/c1-15(2)21(5)13-7-10-19(22)18(21)12-11-16(3)8-6-9-17(4)14-20(23)24/h6,8-9,11-12,14-15,22H,7,10,13H2,1-5H3,(H,23,24)/b9-6+,12-11+,16-8+,17-14+/t21-/m0/s1. The van der Waals surface area contributed by atoms with Crippen molar-refractivity contribution < 1.29 is 15.0 Å². The van der Waals surface area contributed by atoms with Crippen LogP contribution in [0, 0.1) is 11.3 Å². The summed E-state index contributed by atoms with van der Waals surface area (Å²) in [4.78, 5) is 10.6. The van der Waals surface area contributed by atoms with Gasteiger partial charge in [-0.3, -0.25) is 0 Å². The predicted octanol–water partition coefficient (Wildman–Crippen LogP) is 5.73. The van der Waals surface area contributed by atoms with Crippen molar-refractivity contribution in [2.45, 2.75) is 53.9 Å². The van der Waals surface area contributed by atoms with Crippen LogP contribution >= 0.6 is 0 Å². The fraction of sp³-hybridized carbons (Fsp3) is 0.476. The van der Waals surface area contributed by atoms with Crippen LogP contribution in [-0.2, 0) is 4.79 Å². The third kappa shape index (κ3) is 5.55. The molecule has 24 heavy (non-hydrogen) atoms. The fourth-order valence-corrected chi connectivity index (χ4v) is 2.97. The van der Waals surface area contributed by atoms with Gasteiger partial charge in [0.25, 0.3) is 0 Å². The lowest BCUT2D eigenvalue weighted by Crippen LogP contribution is -2.29. The van der Waals surface area contributed by atoms with E-state index in [4.69, 9.17) is 5.11 Å². The zero-order chi connectivity index (χ0) is 18.3. The van der Waals surface area contributed by atoms with E-state index in [1.165, 1.54) is 6.08 Å². The minimum atomic E-state index is -0.939. The highest BCUT2D eigenvalue weighted by atomic mass is 16.4. The van der Waals surface area contributed by atoms with Crippen molar-refractivity contribution >= 4 is 5.97 Å². The van der Waals surface area contributed by atoms with Crippen LogP contribution in [0.5, 0.6) is 0 Å². The molecule has 1 aliphatic carbocycles. The van der Waals surface area contributed by atoms with Gasteiger partial charge in [0.05, 0.1) is 5.76 Å². The van der Waals surface area contributed by atoms with E-state index < -0.39 is 5.97 Å². The second-order valence-corrected chi connectivity index (χ2v) is 7.12. The van der Waals surface area contributed by atoms with Crippen LogP contribution in [0.2, 0.25) is 0 Å². The SMILES string of the molecule is CC(/C=C/C1=C(O)CCC[C@@]1(C)C(C)C)=C\C=C\C(C)=C\C(=O)O. The molecule has 0 amide bonds. The first-order chi connectivity index (χ1) is 11.2. The Morgan fingerprint density at radius 1 is 1.21 bits per heavy atom. The molecule has 0 aliphatic heterocycles. The first-order valence-corrected chi connectivity index (χ1v) is 8.53. The molecule has 0 unspecified atom stereocenters. The Labute approximate surface area is 145 Å². The van der Waals surface area contributed by atoms with E-state index in [0.717, 1.165) is 30.4 Å². The zero-order valence-corrected chi connectivity index (χ0v) is 15.5. The number of hydrogen-bond donors (Lipinski definition) is 2. The molecule has 2 N–H and O–H groups in total. The molecule has 0 saturated heterocycles. The van der Waals surface area contributed by atoms with Gasteiger partial charge in [-0.2, -0.15) is 0 Å². The quantitative estimate of drug-likeness (QED) is 0.482. The van der Waals surface area contributed by atoms with Crippen LogP contribution in [0.4, 0.5) is 0 Å². The summed E-state index contributed by atoms with van der Waals surface area (Å²) in [6, 6.07) is 0. The van der Waals surface area contributed by atoms with Crippen molar-refractivity contribution in [3.05, 3.63) is 58.9 Å². The first kappa shape index (κ1) is 20.0. The van der Waals surface area contributed by atoms with Gasteiger partial charge < -0.3 is 10.2 Å². The van der Waals surface area contributed by atoms with Gasteiger partial charge in [-0.1, -0.05) is 56.7 Å². The van der Waals surface area contributed by atoms with Gasteiger partial charge in [0.1, 0.15) is 0 Å². The monoisotopic (exact) mass is 330 g/mol. The number of hydrogen-bond acceptors (Lipinski definition) is 2. The highest BCUT2D eigenvalue weighted by molar-refractivity contribution is 5.81. The largest absolute Gasteiger partial charge is 0.512 e. The molecule has 132 valence electrons. The molecule has 1 rings (SSSR count). The van der Waals surface area contributed by atoms with Gasteiger partial charge in [-0.15, -0.1) is 0 Å². The molecule has 0 aromatic heterocycles. The molecule has 0 aromatic carbocycles. The summed E-state index contributed by atoms with van der Waals surface area (Å²) in [6.07, 6.45) is 13.6. The molecule has 0 heterocycles. The van der Waals surface area contributed by atoms with Crippen LogP contribution in [0.25, 0.3) is 0 Å². The van der Waals surface area contributed by atoms with E-state index in [0.29, 0.717) is 17.3 Å². The molecule has 1 aliphatic rings. The molecule has 0 radical (unpaired) electrons. The lowest BCUT2D eigenvalue weighted by Gasteiger charge is -2.39. The highest BCUT2D eigenvalue weighted by Crippen LogP contribution is 2.46. The van der Waals surface area contributed by atoms with Crippen molar-refractivity contribution in [3.8, 4) is 0 Å². The van der Waals surface area contributed by atoms with E-state index in [2.05, 4.69) is 20.8 Å². The molecule has 3 heteroatoms. The second-order valence-electron chi connectivity index (χ2n) is 7.12. The molecule has 3 nitrogen and oxygen atoms in total. The Morgan fingerprint density at radius 3 is 2.46 bits per heavy atom. The number of carbonyl (C=O) groups is 1. The molecule has 0 fully saturated rings. The van der Waals surface area contributed by atoms with Crippen molar-refractivity contribution in [2.24, 2.45) is 11.3 Å². The lowest BCUT2D eigenvalue weighted by molar-refractivity contribution is -0.131. The third-order valence-corrected chi connectivity index (χ3v) is 4.89. The number of aliphatic carboxylic acids is 1. The summed E-state index contributed by atoms with van der Waals surface area (Å²) in [7, 11) is 0. The first-order valence-electron chi connectivity index (χ1n) is 8.53. The topological polar surface area (TPSA) is 57.5 Å². The Morgan fingerprint density at radius 2 is 1.88 bits per heavy atom. The number of aliphatic hydroxyl groups is 1. The number of carboxylic acid groups (broad SMARTS) is 1. The Bertz CT molecular complexity index is 615. The summed E-state index contributed by atoms with van der Waals surface area (Å²) >= 11 is 0. The number of aliphatic hydroxyl groups excluding tert-OH is 1. The van der Waals surface area contributed by atoms with E-state index >= 15 is 0 Å². The van der Waals surface area contributed by atoms with Gasteiger partial charge in [0.15, 0.2) is 0 Å². The van der Waals surface area contributed by atoms with Crippen molar-refractivity contribution in [2.75, 3.05) is 0 Å². The molecule has 0 saturated carbocycles. The number of carboxylic acids is 1. The maximum absolute atomic E-state index is 10.6. The molecule has 0 bridgehead atoms. The summed E-state index contributed by atoms with van der Waals surface area (Å²) in [5.41, 5.74) is 2.79. The van der Waals surface area contributed by atoms with Crippen LogP contribution in [-0.4, -0.2) is 16.2 Å². The minimum Gasteiger partial charge on any atom is -0.512 e. The van der Waals surface area contributed by atoms with E-state index in [1.807, 2.05) is 31.2 Å². The number of rotatable bonds is 6. The van der Waals surface area contributed by atoms with E-state index in [9.17, 15) is 9.90 Å². The van der Waals surface area contributed by atoms with Crippen LogP contribution in [0.15, 0.2) is 58.9 Å². The molecular weight excluding hydrogens is 300 g/mol. The summed E-state index contributed by atoms with van der Waals surface area (Å²) in [5.74, 6) is 0.0373. The van der Waals surface area contributed by atoms with Gasteiger partial charge in [0, 0.05) is 12.5 Å². The molecule has 0 aromatic rings. The van der Waals surface area contributed by atoms with Crippen molar-refractivity contribution in [1.29, 1.82) is 0 Å². The summed E-state index contributed by atoms with van der Waals surface area (Å²) < 4.78 is 0. The summed E-state index contributed by atoms with van der Waals surface area (Å²) in [6.45, 7) is 10.4. The molecular formula is C21H30O3. The maximum atomic E-state index is 10.6. The van der Waals surface area contributed by atoms with Crippen LogP contribution in [0.1, 0.15) is 53.9 Å². The number of allylic oxidation sites excluding steroid dienone is 9. The second kappa shape index (κ2) is 8.72. The highest BCUT2D eigenvalue weighted by Gasteiger charge is 2.35. The van der Waals surface area contributed by atoms with E-state index in [1.54, 1.807) is 13.0 Å². The van der Waals surface area contributed by atoms with E-state index in [-0.39, 0.29) is 5.41 Å². The zero-order valence-electron chi connectivity index (χ0n) is 15.5. The lowest BCUT2D eigenvalue weighted by atomic mass is 9.66. The van der Waals surface area contributed by atoms with Gasteiger partial charge >= 0.3 is 5.97 Å². The Hall–Kier alpha value is -2.03. The van der Waals surface area contributed by atoms with Gasteiger partial charge in [0.2, 0.25) is 0 Å². The predicted molar refractivity (Wildman–Crippen MR) is 99.9 cm³/mol. The third-order valence-electron chi connectivity index (χ3n) is 4.89. The smallest absolute Gasteiger partial charge is 0.328 e. The van der Waals surface area contributed by atoms with Crippen LogP contribution < -0.4 is 0 Å². The average molecular weight is 330 g/mol. The van der Waals surface area contributed by atoms with Gasteiger partial charge in [-0.05, 0) is 49.2 Å². The normalized spacial score (nSPS) is 23.8.